The number of phenols is 1. The van der Waals surface area contributed by atoms with Crippen LogP contribution in [0.15, 0.2) is 41.3 Å². The Balaban J connectivity index is 2.19. The number of nitrogens with two attached hydrogens (primary N) is 1. The molecule has 6 nitrogen and oxygen atoms in total. The minimum atomic E-state index is -4.06. The molecule has 0 spiro atoms. The molecule has 0 radical (unpaired) electrons. The van der Waals surface area contributed by atoms with Crippen molar-refractivity contribution in [2.45, 2.75) is 25.2 Å². The molecule has 0 aliphatic heterocycles. The first-order valence-electron chi connectivity index (χ1n) is 6.89. The van der Waals surface area contributed by atoms with Crippen LogP contribution in [0.3, 0.4) is 0 Å². The zero-order valence-corrected chi connectivity index (χ0v) is 13.6. The van der Waals surface area contributed by atoms with E-state index in [4.69, 9.17) is 5.14 Å². The first-order valence-corrected chi connectivity index (χ1v) is 8.44. The van der Waals surface area contributed by atoms with Crippen molar-refractivity contribution in [2.75, 3.05) is 5.32 Å². The molecule has 2 aromatic carbocycles. The van der Waals surface area contributed by atoms with Crippen LogP contribution in [0.1, 0.15) is 16.7 Å². The van der Waals surface area contributed by atoms with Gasteiger partial charge in [-0.15, -0.1) is 0 Å². The Morgan fingerprint density at radius 1 is 1.22 bits per heavy atom. The van der Waals surface area contributed by atoms with Gasteiger partial charge in [0.2, 0.25) is 15.9 Å². The van der Waals surface area contributed by atoms with Gasteiger partial charge in [-0.25, -0.2) is 13.6 Å². The molecule has 0 aliphatic carbocycles. The Hall–Kier alpha value is -2.38. The van der Waals surface area contributed by atoms with Crippen molar-refractivity contribution in [3.8, 4) is 5.75 Å². The van der Waals surface area contributed by atoms with E-state index in [0.717, 1.165) is 22.8 Å². The van der Waals surface area contributed by atoms with Crippen LogP contribution >= 0.6 is 0 Å². The fourth-order valence-corrected chi connectivity index (χ4v) is 2.85. The third-order valence-corrected chi connectivity index (χ3v) is 4.56. The van der Waals surface area contributed by atoms with E-state index in [2.05, 4.69) is 5.32 Å². The summed E-state index contributed by atoms with van der Waals surface area (Å²) >= 11 is 0. The van der Waals surface area contributed by atoms with Crippen molar-refractivity contribution in [3.63, 3.8) is 0 Å². The molecule has 1 amide bonds. The van der Waals surface area contributed by atoms with Gasteiger partial charge in [0.1, 0.15) is 10.6 Å². The lowest BCUT2D eigenvalue weighted by atomic mass is 10.0. The summed E-state index contributed by atoms with van der Waals surface area (Å²) in [5.41, 5.74) is 3.28. The molecule has 2 rings (SSSR count). The predicted molar refractivity (Wildman–Crippen MR) is 87.7 cm³/mol. The van der Waals surface area contributed by atoms with Crippen LogP contribution in [0.25, 0.3) is 0 Å². The maximum absolute atomic E-state index is 12.1. The average Bonchev–Trinajstić information content (AvgIpc) is 2.45. The van der Waals surface area contributed by atoms with E-state index < -0.39 is 20.7 Å². The van der Waals surface area contributed by atoms with Gasteiger partial charge in [0.25, 0.3) is 0 Å². The monoisotopic (exact) mass is 334 g/mol. The van der Waals surface area contributed by atoms with Crippen LogP contribution in [0, 0.1) is 13.8 Å². The number of rotatable bonds is 4. The topological polar surface area (TPSA) is 109 Å². The summed E-state index contributed by atoms with van der Waals surface area (Å²) < 4.78 is 22.7. The van der Waals surface area contributed by atoms with Gasteiger partial charge in [-0.1, -0.05) is 18.2 Å². The summed E-state index contributed by atoms with van der Waals surface area (Å²) in [4.78, 5) is 11.7. The van der Waals surface area contributed by atoms with Gasteiger partial charge in [-0.05, 0) is 48.7 Å². The maximum atomic E-state index is 12.1. The summed E-state index contributed by atoms with van der Waals surface area (Å²) in [6.45, 7) is 3.91. The van der Waals surface area contributed by atoms with Gasteiger partial charge in [-0.3, -0.25) is 4.79 Å². The van der Waals surface area contributed by atoms with E-state index in [-0.39, 0.29) is 18.0 Å². The lowest BCUT2D eigenvalue weighted by Crippen LogP contribution is -2.17. The molecule has 4 N–H and O–H groups in total. The normalized spacial score (nSPS) is 11.3. The van der Waals surface area contributed by atoms with E-state index in [9.17, 15) is 18.3 Å². The summed E-state index contributed by atoms with van der Waals surface area (Å²) in [5.74, 6) is -0.746. The minimum Gasteiger partial charge on any atom is -0.507 e. The number of carbonyl (C=O) groups is 1. The van der Waals surface area contributed by atoms with Gasteiger partial charge in [-0.2, -0.15) is 0 Å². The third-order valence-electron chi connectivity index (χ3n) is 3.62. The van der Waals surface area contributed by atoms with Crippen LogP contribution in [-0.4, -0.2) is 19.4 Å². The number of benzene rings is 2. The molecule has 0 saturated heterocycles. The number of primary sulfonamides is 1. The van der Waals surface area contributed by atoms with Crippen molar-refractivity contribution >= 4 is 21.6 Å². The summed E-state index contributed by atoms with van der Waals surface area (Å²) in [7, 11) is -4.06. The smallest absolute Gasteiger partial charge is 0.241 e. The number of hydrogen-bond donors (Lipinski definition) is 3. The highest BCUT2D eigenvalue weighted by Gasteiger charge is 2.15. The molecule has 0 aliphatic rings. The number of aromatic hydroxyl groups is 1. The second-order valence-electron chi connectivity index (χ2n) is 5.31. The highest BCUT2D eigenvalue weighted by atomic mass is 32.2. The summed E-state index contributed by atoms with van der Waals surface area (Å²) in [6.07, 6.45) is 0.166. The molecule has 122 valence electrons. The van der Waals surface area contributed by atoms with Crippen molar-refractivity contribution in [3.05, 3.63) is 53.1 Å². The van der Waals surface area contributed by atoms with Crippen LogP contribution in [0.2, 0.25) is 0 Å². The molecule has 0 unspecified atom stereocenters. The number of sulfonamides is 1. The lowest BCUT2D eigenvalue weighted by molar-refractivity contribution is -0.115. The molecule has 7 heteroatoms. The fourth-order valence-electron chi connectivity index (χ4n) is 2.20. The van der Waals surface area contributed by atoms with Crippen molar-refractivity contribution in [1.82, 2.24) is 0 Å². The van der Waals surface area contributed by atoms with Crippen molar-refractivity contribution in [2.24, 2.45) is 5.14 Å². The minimum absolute atomic E-state index is 0.166. The van der Waals surface area contributed by atoms with Gasteiger partial charge < -0.3 is 10.4 Å². The van der Waals surface area contributed by atoms with Crippen LogP contribution in [0.5, 0.6) is 5.75 Å². The lowest BCUT2D eigenvalue weighted by Gasteiger charge is -2.10. The van der Waals surface area contributed by atoms with Gasteiger partial charge in [0.15, 0.2) is 0 Å². The zero-order valence-electron chi connectivity index (χ0n) is 12.8. The molecule has 2 aromatic rings. The van der Waals surface area contributed by atoms with Gasteiger partial charge in [0, 0.05) is 5.69 Å². The van der Waals surface area contributed by atoms with E-state index in [1.807, 2.05) is 32.0 Å². The Morgan fingerprint density at radius 3 is 2.57 bits per heavy atom. The maximum Gasteiger partial charge on any atom is 0.241 e. The number of anilines is 1. The van der Waals surface area contributed by atoms with Crippen LogP contribution < -0.4 is 10.5 Å². The molecule has 0 aromatic heterocycles. The van der Waals surface area contributed by atoms with Crippen LogP contribution in [0.4, 0.5) is 5.69 Å². The number of nitrogens with one attached hydrogen (secondary N) is 1. The Labute approximate surface area is 135 Å². The highest BCUT2D eigenvalue weighted by molar-refractivity contribution is 7.89. The van der Waals surface area contributed by atoms with E-state index in [1.54, 1.807) is 0 Å². The number of amides is 1. The Bertz CT molecular complexity index is 860. The first-order chi connectivity index (χ1) is 10.7. The molecule has 0 atom stereocenters. The summed E-state index contributed by atoms with van der Waals surface area (Å²) in [5, 5.41) is 17.2. The Morgan fingerprint density at radius 2 is 1.91 bits per heavy atom. The third kappa shape index (κ3) is 4.08. The molecule has 0 fully saturated rings. The number of carbonyl (C=O) groups excluding carboxylic acids is 1. The van der Waals surface area contributed by atoms with E-state index >= 15 is 0 Å². The SMILES string of the molecule is Cc1cccc(CC(=O)Nc2ccc(O)c(S(N)(=O)=O)c2)c1C. The average molecular weight is 334 g/mol. The molecule has 23 heavy (non-hydrogen) atoms. The fraction of sp³-hybridized carbons (Fsp3) is 0.188. The van der Waals surface area contributed by atoms with Crippen LogP contribution in [-0.2, 0) is 21.2 Å². The molecule has 0 heterocycles. The highest BCUT2D eigenvalue weighted by Crippen LogP contribution is 2.25. The number of phenolic OH excluding ortho intramolecular Hbond substituents is 1. The largest absolute Gasteiger partial charge is 0.507 e. The van der Waals surface area contributed by atoms with Crippen molar-refractivity contribution in [1.29, 1.82) is 0 Å². The van der Waals surface area contributed by atoms with E-state index in [0.29, 0.717) is 0 Å². The quantitative estimate of drug-likeness (QED) is 0.741. The second kappa shape index (κ2) is 6.39. The molecule has 0 saturated carbocycles. The van der Waals surface area contributed by atoms with Gasteiger partial charge >= 0.3 is 0 Å². The zero-order chi connectivity index (χ0) is 17.2. The second-order valence-corrected chi connectivity index (χ2v) is 6.84. The summed E-state index contributed by atoms with van der Waals surface area (Å²) in [6, 6.07) is 9.43. The number of aryl methyl sites for hydroxylation is 1. The predicted octanol–water partition coefficient (Wildman–Crippen LogP) is 1.84. The Kier molecular flexibility index (Phi) is 4.72. The molecule has 0 bridgehead atoms. The van der Waals surface area contributed by atoms with Crippen molar-refractivity contribution < 1.29 is 18.3 Å². The molecular formula is C16H18N2O4S. The standard InChI is InChI=1S/C16H18N2O4S/c1-10-4-3-5-12(11(10)2)8-16(20)18-13-6-7-14(19)15(9-13)23(17,21)22/h3-7,9,19H,8H2,1-2H3,(H,18,20)(H2,17,21,22). The van der Waals surface area contributed by atoms with Gasteiger partial charge in [0.05, 0.1) is 6.42 Å². The van der Waals surface area contributed by atoms with E-state index in [1.165, 1.54) is 12.1 Å². The molecular weight excluding hydrogens is 316 g/mol. The number of hydrogen-bond acceptors (Lipinski definition) is 4. The first kappa shape index (κ1) is 17.0.